The van der Waals surface area contributed by atoms with Gasteiger partial charge in [-0.25, -0.2) is 4.98 Å². The lowest BCUT2D eigenvalue weighted by atomic mass is 10.2. The smallest absolute Gasteiger partial charge is 0.394 e. The molecule has 0 bridgehead atoms. The Kier molecular flexibility index (Phi) is 5.05. The first-order chi connectivity index (χ1) is 10.8. The van der Waals surface area contributed by atoms with Gasteiger partial charge in [0.05, 0.1) is 6.61 Å². The zero-order valence-corrected chi connectivity index (χ0v) is 12.6. The number of aliphatic hydroxyl groups is 1. The Morgan fingerprint density at radius 1 is 1.17 bits per heavy atom. The van der Waals surface area contributed by atoms with Crippen LogP contribution in [0.25, 0.3) is 0 Å². The summed E-state index contributed by atoms with van der Waals surface area (Å²) in [5, 5.41) is 14.4. The number of halogens is 3. The molecule has 1 heterocycles. The van der Waals surface area contributed by atoms with Crippen LogP contribution in [-0.2, 0) is 6.18 Å². The van der Waals surface area contributed by atoms with Crippen LogP contribution in [0.1, 0.15) is 18.2 Å². The van der Waals surface area contributed by atoms with Crippen LogP contribution in [0.5, 0.6) is 0 Å². The molecule has 1 aromatic carbocycles. The molecule has 0 unspecified atom stereocenters. The third kappa shape index (κ3) is 4.82. The molecule has 0 saturated carbocycles. The van der Waals surface area contributed by atoms with Gasteiger partial charge in [-0.05, 0) is 26.0 Å². The van der Waals surface area contributed by atoms with Crippen LogP contribution >= 0.6 is 0 Å². The van der Waals surface area contributed by atoms with E-state index in [2.05, 4.69) is 20.6 Å². The normalized spacial score (nSPS) is 12.8. The second-order valence-electron chi connectivity index (χ2n) is 5.18. The van der Waals surface area contributed by atoms with E-state index in [1.54, 1.807) is 19.1 Å². The molecule has 0 radical (unpaired) electrons. The van der Waals surface area contributed by atoms with Crippen molar-refractivity contribution in [1.82, 2.24) is 9.97 Å². The quantitative estimate of drug-likeness (QED) is 0.786. The van der Waals surface area contributed by atoms with Crippen LogP contribution in [-0.4, -0.2) is 27.7 Å². The van der Waals surface area contributed by atoms with Gasteiger partial charge in [0.25, 0.3) is 0 Å². The number of benzene rings is 1. The fourth-order valence-corrected chi connectivity index (χ4v) is 1.77. The average molecular weight is 326 g/mol. The van der Waals surface area contributed by atoms with Crippen molar-refractivity contribution < 1.29 is 18.3 Å². The largest absolute Gasteiger partial charge is 0.433 e. The molecule has 0 aliphatic carbocycles. The molecule has 3 N–H and O–H groups in total. The Morgan fingerprint density at radius 3 is 2.39 bits per heavy atom. The predicted molar refractivity (Wildman–Crippen MR) is 81.7 cm³/mol. The summed E-state index contributed by atoms with van der Waals surface area (Å²) in [7, 11) is 0. The van der Waals surface area contributed by atoms with Gasteiger partial charge in [-0.3, -0.25) is 0 Å². The molecule has 0 aliphatic heterocycles. The van der Waals surface area contributed by atoms with Crippen molar-refractivity contribution in [2.75, 3.05) is 17.2 Å². The SMILES string of the molecule is Cc1ccc(Nc2cc(C(F)(F)F)nc(N[C@H](C)CO)n2)cc1. The Labute approximate surface area is 131 Å². The second kappa shape index (κ2) is 6.82. The van der Waals surface area contributed by atoms with Gasteiger partial charge < -0.3 is 15.7 Å². The summed E-state index contributed by atoms with van der Waals surface area (Å²) >= 11 is 0. The molecule has 5 nitrogen and oxygen atoms in total. The average Bonchev–Trinajstić information content (AvgIpc) is 2.48. The molecule has 0 amide bonds. The lowest BCUT2D eigenvalue weighted by Crippen LogP contribution is -2.22. The number of rotatable bonds is 5. The molecule has 1 aromatic heterocycles. The first-order valence-electron chi connectivity index (χ1n) is 6.95. The monoisotopic (exact) mass is 326 g/mol. The summed E-state index contributed by atoms with van der Waals surface area (Å²) in [6.45, 7) is 3.27. The lowest BCUT2D eigenvalue weighted by molar-refractivity contribution is -0.141. The van der Waals surface area contributed by atoms with Crippen molar-refractivity contribution >= 4 is 17.5 Å². The van der Waals surface area contributed by atoms with E-state index in [0.717, 1.165) is 11.6 Å². The van der Waals surface area contributed by atoms with E-state index in [4.69, 9.17) is 5.11 Å². The number of aromatic nitrogens is 2. The Hall–Kier alpha value is -2.35. The lowest BCUT2D eigenvalue weighted by Gasteiger charge is -2.15. The summed E-state index contributed by atoms with van der Waals surface area (Å²) in [6.07, 6.45) is -4.59. The number of aryl methyl sites for hydroxylation is 1. The topological polar surface area (TPSA) is 70.1 Å². The fourth-order valence-electron chi connectivity index (χ4n) is 1.77. The van der Waals surface area contributed by atoms with Gasteiger partial charge in [-0.15, -0.1) is 0 Å². The first-order valence-corrected chi connectivity index (χ1v) is 6.95. The van der Waals surface area contributed by atoms with Gasteiger partial charge >= 0.3 is 6.18 Å². The zero-order chi connectivity index (χ0) is 17.0. The standard InChI is InChI=1S/C15H17F3N4O/c1-9-3-5-11(6-4-9)20-13-7-12(15(16,17)18)21-14(22-13)19-10(2)8-23/h3-7,10,23H,8H2,1-2H3,(H2,19,20,21,22)/t10-/m1/s1. The van der Waals surface area contributed by atoms with Crippen molar-refractivity contribution in [3.63, 3.8) is 0 Å². The van der Waals surface area contributed by atoms with E-state index in [9.17, 15) is 13.2 Å². The maximum Gasteiger partial charge on any atom is 0.433 e. The highest BCUT2D eigenvalue weighted by Crippen LogP contribution is 2.30. The third-order valence-electron chi connectivity index (χ3n) is 2.99. The second-order valence-corrected chi connectivity index (χ2v) is 5.18. The minimum Gasteiger partial charge on any atom is -0.394 e. The van der Waals surface area contributed by atoms with E-state index >= 15 is 0 Å². The van der Waals surface area contributed by atoms with Gasteiger partial charge in [0, 0.05) is 17.8 Å². The highest BCUT2D eigenvalue weighted by molar-refractivity contribution is 5.58. The number of nitrogens with one attached hydrogen (secondary N) is 2. The number of anilines is 3. The highest BCUT2D eigenvalue weighted by Gasteiger charge is 2.33. The molecular formula is C15H17F3N4O. The molecule has 0 saturated heterocycles. The molecule has 0 spiro atoms. The number of hydrogen-bond donors (Lipinski definition) is 3. The summed E-state index contributed by atoms with van der Waals surface area (Å²) in [5.74, 6) is -0.181. The number of aliphatic hydroxyl groups excluding tert-OH is 1. The van der Waals surface area contributed by atoms with Crippen LogP contribution < -0.4 is 10.6 Å². The maximum atomic E-state index is 13.0. The predicted octanol–water partition coefficient (Wildman–Crippen LogP) is 3.34. The van der Waals surface area contributed by atoms with E-state index in [1.165, 1.54) is 0 Å². The maximum absolute atomic E-state index is 13.0. The van der Waals surface area contributed by atoms with Crippen molar-refractivity contribution in [2.24, 2.45) is 0 Å². The van der Waals surface area contributed by atoms with E-state index < -0.39 is 17.9 Å². The number of hydrogen-bond acceptors (Lipinski definition) is 5. The molecule has 0 aliphatic rings. The summed E-state index contributed by atoms with van der Waals surface area (Å²) < 4.78 is 38.9. The van der Waals surface area contributed by atoms with Gasteiger partial charge in [-0.2, -0.15) is 18.2 Å². The van der Waals surface area contributed by atoms with Gasteiger partial charge in [0.2, 0.25) is 5.95 Å². The van der Waals surface area contributed by atoms with Crippen molar-refractivity contribution in [3.05, 3.63) is 41.6 Å². The summed E-state index contributed by atoms with van der Waals surface area (Å²) in [6, 6.07) is 7.53. The van der Waals surface area contributed by atoms with E-state index in [1.807, 2.05) is 19.1 Å². The van der Waals surface area contributed by atoms with Crippen molar-refractivity contribution in [1.29, 1.82) is 0 Å². The van der Waals surface area contributed by atoms with Crippen molar-refractivity contribution in [2.45, 2.75) is 26.1 Å². The first kappa shape index (κ1) is 17.0. The van der Waals surface area contributed by atoms with Gasteiger partial charge in [0.1, 0.15) is 5.82 Å². The fraction of sp³-hybridized carbons (Fsp3) is 0.333. The van der Waals surface area contributed by atoms with Gasteiger partial charge in [0.15, 0.2) is 5.69 Å². The van der Waals surface area contributed by atoms with Crippen LogP contribution in [0.2, 0.25) is 0 Å². The minimum absolute atomic E-state index is 0.0174. The molecule has 8 heteroatoms. The Morgan fingerprint density at radius 2 is 1.83 bits per heavy atom. The molecule has 23 heavy (non-hydrogen) atoms. The highest BCUT2D eigenvalue weighted by atomic mass is 19.4. The van der Waals surface area contributed by atoms with E-state index in [-0.39, 0.29) is 18.4 Å². The molecular weight excluding hydrogens is 309 g/mol. The Balaban J connectivity index is 2.33. The molecule has 2 aromatic rings. The molecule has 0 fully saturated rings. The third-order valence-corrected chi connectivity index (χ3v) is 2.99. The van der Waals surface area contributed by atoms with Crippen LogP contribution in [0, 0.1) is 6.92 Å². The van der Waals surface area contributed by atoms with Crippen LogP contribution in [0.3, 0.4) is 0 Å². The number of nitrogens with zero attached hydrogens (tertiary/aromatic N) is 2. The zero-order valence-electron chi connectivity index (χ0n) is 12.6. The Bertz CT molecular complexity index is 659. The minimum atomic E-state index is -4.59. The van der Waals surface area contributed by atoms with Crippen molar-refractivity contribution in [3.8, 4) is 0 Å². The van der Waals surface area contributed by atoms with Crippen LogP contribution in [0.4, 0.5) is 30.6 Å². The molecule has 2 rings (SSSR count). The van der Waals surface area contributed by atoms with E-state index in [0.29, 0.717) is 5.69 Å². The summed E-state index contributed by atoms with van der Waals surface area (Å²) in [4.78, 5) is 7.46. The molecule has 124 valence electrons. The molecule has 1 atom stereocenters. The summed E-state index contributed by atoms with van der Waals surface area (Å²) in [5.41, 5.74) is 0.590. The number of alkyl halides is 3. The van der Waals surface area contributed by atoms with Gasteiger partial charge in [-0.1, -0.05) is 17.7 Å². The van der Waals surface area contributed by atoms with Crippen LogP contribution in [0.15, 0.2) is 30.3 Å².